The normalized spacial score (nSPS) is 21.6. The Morgan fingerprint density at radius 2 is 0.540 bits per heavy atom. The van der Waals surface area contributed by atoms with Crippen molar-refractivity contribution in [3.8, 4) is 0 Å². The van der Waals surface area contributed by atoms with E-state index in [1.165, 1.54) is 44.8 Å². The van der Waals surface area contributed by atoms with Gasteiger partial charge in [0, 0.05) is 10.3 Å². The van der Waals surface area contributed by atoms with E-state index in [0.29, 0.717) is 0 Å². The zero-order valence-corrected chi connectivity index (χ0v) is 40.3. The monoisotopic (exact) mass is 758 g/mol. The molecule has 0 aliphatic carbocycles. The molecule has 0 amide bonds. The van der Waals surface area contributed by atoms with Crippen LogP contribution in [0.25, 0.3) is 0 Å². The van der Waals surface area contributed by atoms with Crippen LogP contribution in [0.5, 0.6) is 0 Å². The maximum atomic E-state index is 6.17. The third kappa shape index (κ3) is 8.93. The molecular weight excluding hydrogens is 683 g/mol. The molecule has 0 saturated carbocycles. The van der Waals surface area contributed by atoms with Gasteiger partial charge in [-0.05, 0) is 87.9 Å². The van der Waals surface area contributed by atoms with Crippen LogP contribution < -0.4 is 0 Å². The summed E-state index contributed by atoms with van der Waals surface area (Å²) in [5, 5.41) is 0.0187. The lowest BCUT2D eigenvalue weighted by Crippen LogP contribution is -2.23. The van der Waals surface area contributed by atoms with Crippen LogP contribution in [0.1, 0.15) is 200 Å². The largest absolute Gasteiger partial charge is 0.245 e. The van der Waals surface area contributed by atoms with Crippen molar-refractivity contribution >= 4 is 44.3 Å². The second-order valence-electron chi connectivity index (χ2n) is 23.1. The SMILES string of the molecule is CC(C)(C)c1cc(C(C)(C)C)c(N=P2(C(C)(C)C)SP(=Nc3c(C(C)(C)C)cc(C(C)(C)C)cc3C(C)(C)C)(C(C)(C)C)S2)c(C(C)(C)C)c1. The predicted octanol–water partition coefficient (Wildman–Crippen LogP) is 17.6. The summed E-state index contributed by atoms with van der Waals surface area (Å²) in [7, 11) is 0. The van der Waals surface area contributed by atoms with Gasteiger partial charge in [-0.25, -0.2) is 9.49 Å². The highest BCUT2D eigenvalue weighted by molar-refractivity contribution is 9.39. The average molecular weight is 759 g/mol. The van der Waals surface area contributed by atoms with Gasteiger partial charge in [0.05, 0.1) is 22.3 Å². The van der Waals surface area contributed by atoms with E-state index in [4.69, 9.17) is 9.49 Å². The van der Waals surface area contributed by atoms with Gasteiger partial charge in [-0.1, -0.05) is 190 Å². The smallest absolute Gasteiger partial charge is 0.0979 e. The molecule has 1 heterocycles. The van der Waals surface area contributed by atoms with E-state index in [-0.39, 0.29) is 42.8 Å². The van der Waals surface area contributed by atoms with Crippen molar-refractivity contribution in [1.82, 2.24) is 0 Å². The van der Waals surface area contributed by atoms with Crippen LogP contribution in [-0.2, 0) is 32.5 Å². The van der Waals surface area contributed by atoms with Crippen LogP contribution in [0.2, 0.25) is 0 Å². The standard InChI is InChI=1S/C44H76N2P2S2/c1-37(2,3)29-25-31(39(7,8)9)35(32(26-29)40(10,11)12)45-47(43(19,20)21)49-48(50-47,44(22,23)24)46-36-33(41(13,14)15)27-30(38(4,5)6)28-34(36)42(16,17)18/h25-28H,1-24H3. The topological polar surface area (TPSA) is 24.7 Å². The van der Waals surface area contributed by atoms with E-state index in [0.717, 1.165) is 0 Å². The van der Waals surface area contributed by atoms with Gasteiger partial charge in [0.2, 0.25) is 0 Å². The Labute approximate surface area is 318 Å². The van der Waals surface area contributed by atoms with Crippen LogP contribution in [-0.4, -0.2) is 10.3 Å². The summed E-state index contributed by atoms with van der Waals surface area (Å²) in [5.74, 6) is 0. The Hall–Kier alpha value is -0.400. The first-order valence-electron chi connectivity index (χ1n) is 18.8. The lowest BCUT2D eigenvalue weighted by atomic mass is 9.74. The molecule has 0 aromatic heterocycles. The summed E-state index contributed by atoms with van der Waals surface area (Å²) >= 11 is 4.44. The maximum Gasteiger partial charge on any atom is 0.0979 e. The fraction of sp³-hybridized carbons (Fsp3) is 0.727. The van der Waals surface area contributed by atoms with Gasteiger partial charge in [-0.3, -0.25) is 0 Å². The molecule has 0 bridgehead atoms. The minimum atomic E-state index is -2.01. The first-order valence-corrected chi connectivity index (χ1v) is 26.4. The predicted molar refractivity (Wildman–Crippen MR) is 238 cm³/mol. The molecule has 1 aliphatic rings. The molecule has 0 unspecified atom stereocenters. The van der Waals surface area contributed by atoms with Crippen molar-refractivity contribution in [2.75, 3.05) is 0 Å². The van der Waals surface area contributed by atoms with Crippen LogP contribution in [0.3, 0.4) is 0 Å². The number of benzene rings is 2. The van der Waals surface area contributed by atoms with Crippen molar-refractivity contribution in [2.45, 2.75) is 209 Å². The van der Waals surface area contributed by atoms with Gasteiger partial charge >= 0.3 is 0 Å². The third-order valence-electron chi connectivity index (χ3n) is 9.79. The lowest BCUT2D eigenvalue weighted by Gasteiger charge is -2.54. The second kappa shape index (κ2) is 13.1. The van der Waals surface area contributed by atoms with Gasteiger partial charge in [-0.15, -0.1) is 0 Å². The zero-order chi connectivity index (χ0) is 39.3. The van der Waals surface area contributed by atoms with E-state index >= 15 is 0 Å². The second-order valence-corrected chi connectivity index (χ2v) is 40.2. The van der Waals surface area contributed by atoms with Crippen LogP contribution in [0, 0.1) is 0 Å². The fourth-order valence-electron chi connectivity index (χ4n) is 6.07. The molecule has 2 aromatic carbocycles. The van der Waals surface area contributed by atoms with Crippen LogP contribution in [0.4, 0.5) is 11.4 Å². The van der Waals surface area contributed by atoms with Crippen molar-refractivity contribution in [3.63, 3.8) is 0 Å². The summed E-state index contributed by atoms with van der Waals surface area (Å²) < 4.78 is 12.3. The van der Waals surface area contributed by atoms with Crippen molar-refractivity contribution in [1.29, 1.82) is 0 Å². The molecule has 1 aliphatic heterocycles. The van der Waals surface area contributed by atoms with E-state index in [9.17, 15) is 0 Å². The molecule has 2 aromatic rings. The van der Waals surface area contributed by atoms with Crippen molar-refractivity contribution in [2.24, 2.45) is 9.49 Å². The number of rotatable bonds is 2. The fourth-order valence-corrected chi connectivity index (χ4v) is 39.8. The summed E-state index contributed by atoms with van der Waals surface area (Å²) in [6.45, 7) is 57.1. The Morgan fingerprint density at radius 1 is 0.340 bits per heavy atom. The minimum Gasteiger partial charge on any atom is -0.245 e. The number of hydrogen-bond acceptors (Lipinski definition) is 4. The van der Waals surface area contributed by atoms with E-state index < -0.39 is 10.9 Å². The van der Waals surface area contributed by atoms with Gasteiger partial charge in [0.15, 0.2) is 0 Å². The maximum absolute atomic E-state index is 6.17. The first-order chi connectivity index (χ1) is 21.8. The highest BCUT2D eigenvalue weighted by Crippen LogP contribution is 3.13. The molecule has 2 nitrogen and oxygen atoms in total. The lowest BCUT2D eigenvalue weighted by molar-refractivity contribution is 0.549. The molecule has 284 valence electrons. The Morgan fingerprint density at radius 3 is 0.680 bits per heavy atom. The van der Waals surface area contributed by atoms with Crippen molar-refractivity contribution < 1.29 is 0 Å². The highest BCUT2D eigenvalue weighted by Gasteiger charge is 2.58. The molecule has 6 heteroatoms. The van der Waals surface area contributed by atoms with E-state index in [2.05, 4.69) is 212 Å². The van der Waals surface area contributed by atoms with Gasteiger partial charge < -0.3 is 0 Å². The molecule has 0 radical (unpaired) electrons. The highest BCUT2D eigenvalue weighted by atomic mass is 33.6. The Balaban J connectivity index is 2.58. The summed E-state index contributed by atoms with van der Waals surface area (Å²) in [6, 6.07) is 9.95. The molecule has 0 spiro atoms. The molecule has 3 rings (SSSR count). The molecular formula is C44H76N2P2S2. The summed E-state index contributed by atoms with van der Waals surface area (Å²) in [6.07, 6.45) is 0. The zero-order valence-electron chi connectivity index (χ0n) is 36.9. The van der Waals surface area contributed by atoms with E-state index in [1.54, 1.807) is 0 Å². The van der Waals surface area contributed by atoms with Crippen LogP contribution >= 0.6 is 32.9 Å². The number of nitrogens with zero attached hydrogens (tertiary/aromatic N) is 2. The van der Waals surface area contributed by atoms with Crippen molar-refractivity contribution in [3.05, 3.63) is 57.6 Å². The summed E-state index contributed by atoms with van der Waals surface area (Å²) in [4.78, 5) is 0. The number of hydrogen-bond donors (Lipinski definition) is 0. The summed E-state index contributed by atoms with van der Waals surface area (Å²) in [5.41, 5.74) is 6.73. The molecule has 0 atom stereocenters. The molecule has 1 saturated heterocycles. The molecule has 1 fully saturated rings. The molecule has 0 N–H and O–H groups in total. The molecule has 50 heavy (non-hydrogen) atoms. The quantitative estimate of drug-likeness (QED) is 0.285. The first kappa shape index (κ1) is 44.0. The Kier molecular flexibility index (Phi) is 11.5. The minimum absolute atomic E-state index is 0.00934. The van der Waals surface area contributed by atoms with Gasteiger partial charge in [0.1, 0.15) is 0 Å². The third-order valence-corrected chi connectivity index (χ3v) is 40.4. The van der Waals surface area contributed by atoms with Gasteiger partial charge in [-0.2, -0.15) is 0 Å². The van der Waals surface area contributed by atoms with Crippen LogP contribution in [0.15, 0.2) is 33.8 Å². The average Bonchev–Trinajstić information content (AvgIpc) is 2.81. The van der Waals surface area contributed by atoms with E-state index in [1.807, 2.05) is 0 Å². The van der Waals surface area contributed by atoms with Gasteiger partial charge in [0.25, 0.3) is 0 Å². The Bertz CT molecular complexity index is 1510.